The largest absolute Gasteiger partial charge is 0.548 e. The van der Waals surface area contributed by atoms with Crippen LogP contribution in [0, 0.1) is 0 Å². The number of hydrogen-bond donors (Lipinski definition) is 0. The Hall–Kier alpha value is -2.09. The third-order valence-electron chi connectivity index (χ3n) is 2.26. The lowest BCUT2D eigenvalue weighted by atomic mass is 10.2. The summed E-state index contributed by atoms with van der Waals surface area (Å²) in [6.45, 7) is -0.413. The van der Waals surface area contributed by atoms with Crippen LogP contribution in [0.4, 0.5) is 0 Å². The fraction of sp³-hybridized carbons (Fsp3) is 0.200. The van der Waals surface area contributed by atoms with Crippen LogP contribution in [0.25, 0.3) is 11.4 Å². The Kier molecular flexibility index (Phi) is 3.47. The lowest BCUT2D eigenvalue weighted by molar-refractivity contribution is -0.306. The Balaban J connectivity index is 2.34. The summed E-state index contributed by atoms with van der Waals surface area (Å²) in [5.74, 6) is -0.942. The standard InChI is InChI=1S/C10H10N4O3S/c1-18(17)8-4-2-7(3-5-8)10-11-12-13-14(10)6-9(15)16/h2-5H,6H2,1H3,(H,15,16)/p-1. The molecule has 0 saturated carbocycles. The Labute approximate surface area is 105 Å². The van der Waals surface area contributed by atoms with E-state index in [9.17, 15) is 14.1 Å². The van der Waals surface area contributed by atoms with Gasteiger partial charge in [0, 0.05) is 27.5 Å². The first-order chi connectivity index (χ1) is 8.58. The molecule has 18 heavy (non-hydrogen) atoms. The van der Waals surface area contributed by atoms with Crippen LogP contribution in [-0.4, -0.2) is 36.6 Å². The highest BCUT2D eigenvalue weighted by Crippen LogP contribution is 2.17. The van der Waals surface area contributed by atoms with E-state index in [0.717, 1.165) is 4.68 Å². The van der Waals surface area contributed by atoms with Crippen LogP contribution in [0.15, 0.2) is 29.2 Å². The highest BCUT2D eigenvalue weighted by Gasteiger charge is 2.09. The molecule has 0 N–H and O–H groups in total. The van der Waals surface area contributed by atoms with Gasteiger partial charge in [0.15, 0.2) is 5.82 Å². The molecule has 0 aliphatic carbocycles. The first-order valence-corrected chi connectivity index (χ1v) is 6.53. The van der Waals surface area contributed by atoms with E-state index in [-0.39, 0.29) is 0 Å². The molecule has 1 aromatic heterocycles. The summed E-state index contributed by atoms with van der Waals surface area (Å²) in [6.07, 6.45) is 1.58. The predicted octanol–water partition coefficient (Wildman–Crippen LogP) is -1.17. The zero-order valence-electron chi connectivity index (χ0n) is 9.44. The minimum atomic E-state index is -1.27. The molecule has 0 fully saturated rings. The number of carbonyl (C=O) groups excluding carboxylic acids is 1. The molecule has 2 rings (SSSR count). The number of aliphatic carboxylic acids is 1. The molecular formula is C10H9N4O3S-. The molecular weight excluding hydrogens is 256 g/mol. The second kappa shape index (κ2) is 5.05. The van der Waals surface area contributed by atoms with Crippen LogP contribution in [0.5, 0.6) is 0 Å². The Bertz CT molecular complexity index is 593. The summed E-state index contributed by atoms with van der Waals surface area (Å²) in [7, 11) is -1.06. The second-order valence-corrected chi connectivity index (χ2v) is 4.89. The van der Waals surface area contributed by atoms with Crippen molar-refractivity contribution in [3.8, 4) is 11.4 Å². The van der Waals surface area contributed by atoms with E-state index in [1.807, 2.05) is 0 Å². The van der Waals surface area contributed by atoms with Crippen molar-refractivity contribution in [2.45, 2.75) is 11.4 Å². The third-order valence-corrected chi connectivity index (χ3v) is 3.19. The van der Waals surface area contributed by atoms with Crippen LogP contribution >= 0.6 is 0 Å². The molecule has 0 aliphatic heterocycles. The third kappa shape index (κ3) is 2.59. The fourth-order valence-electron chi connectivity index (χ4n) is 1.44. The van der Waals surface area contributed by atoms with Gasteiger partial charge in [-0.05, 0) is 34.7 Å². The smallest absolute Gasteiger partial charge is 0.182 e. The van der Waals surface area contributed by atoms with Crippen molar-refractivity contribution in [1.82, 2.24) is 20.2 Å². The summed E-state index contributed by atoms with van der Waals surface area (Å²) < 4.78 is 12.4. The van der Waals surface area contributed by atoms with E-state index in [4.69, 9.17) is 0 Å². The van der Waals surface area contributed by atoms with Gasteiger partial charge in [-0.2, -0.15) is 0 Å². The van der Waals surface area contributed by atoms with Gasteiger partial charge in [0.2, 0.25) is 0 Å². The van der Waals surface area contributed by atoms with Gasteiger partial charge in [-0.25, -0.2) is 4.68 Å². The van der Waals surface area contributed by atoms with Gasteiger partial charge >= 0.3 is 0 Å². The van der Waals surface area contributed by atoms with Crippen LogP contribution in [0.3, 0.4) is 0 Å². The first kappa shape index (κ1) is 12.4. The molecule has 0 saturated heterocycles. The molecule has 1 unspecified atom stereocenters. The van der Waals surface area contributed by atoms with Crippen molar-refractivity contribution in [2.24, 2.45) is 0 Å². The van der Waals surface area contributed by atoms with Gasteiger partial charge in [0.25, 0.3) is 0 Å². The minimum Gasteiger partial charge on any atom is -0.548 e. The SMILES string of the molecule is CS(=O)c1ccc(-c2nnnn2CC(=O)[O-])cc1. The molecule has 0 aliphatic rings. The number of nitrogens with zero attached hydrogens (tertiary/aromatic N) is 4. The minimum absolute atomic E-state index is 0.327. The molecule has 7 nitrogen and oxygen atoms in total. The van der Waals surface area contributed by atoms with Crippen LogP contribution in [0.1, 0.15) is 0 Å². The highest BCUT2D eigenvalue weighted by molar-refractivity contribution is 7.84. The maximum Gasteiger partial charge on any atom is 0.182 e. The first-order valence-electron chi connectivity index (χ1n) is 4.98. The van der Waals surface area contributed by atoms with E-state index in [1.54, 1.807) is 30.5 Å². The van der Waals surface area contributed by atoms with Crippen molar-refractivity contribution in [2.75, 3.05) is 6.26 Å². The Morgan fingerprint density at radius 2 is 2.06 bits per heavy atom. The maximum absolute atomic E-state index is 11.2. The van der Waals surface area contributed by atoms with Gasteiger partial charge in [-0.1, -0.05) is 0 Å². The summed E-state index contributed by atoms with van der Waals surface area (Å²) in [5.41, 5.74) is 0.649. The molecule has 1 atom stereocenters. The molecule has 0 bridgehead atoms. The van der Waals surface area contributed by atoms with Crippen LogP contribution in [0.2, 0.25) is 0 Å². The topological polar surface area (TPSA) is 101 Å². The summed E-state index contributed by atoms with van der Waals surface area (Å²) in [5, 5.41) is 21.3. The number of tetrazole rings is 1. The average molecular weight is 265 g/mol. The zero-order chi connectivity index (χ0) is 13.1. The van der Waals surface area contributed by atoms with Gasteiger partial charge in [-0.3, -0.25) is 4.21 Å². The molecule has 2 aromatic rings. The summed E-state index contributed by atoms with van der Waals surface area (Å²) >= 11 is 0. The average Bonchev–Trinajstić information content (AvgIpc) is 2.76. The van der Waals surface area contributed by atoms with E-state index < -0.39 is 23.3 Å². The number of carboxylic acid groups (broad SMARTS) is 1. The van der Waals surface area contributed by atoms with Crippen molar-refractivity contribution < 1.29 is 14.1 Å². The van der Waals surface area contributed by atoms with Crippen molar-refractivity contribution in [3.05, 3.63) is 24.3 Å². The molecule has 1 heterocycles. The molecule has 0 radical (unpaired) electrons. The van der Waals surface area contributed by atoms with Crippen molar-refractivity contribution in [1.29, 1.82) is 0 Å². The van der Waals surface area contributed by atoms with E-state index in [1.165, 1.54) is 0 Å². The summed E-state index contributed by atoms with van der Waals surface area (Å²) in [4.78, 5) is 11.2. The van der Waals surface area contributed by atoms with Gasteiger partial charge in [0.05, 0.1) is 12.5 Å². The maximum atomic E-state index is 11.2. The van der Waals surface area contributed by atoms with Crippen LogP contribution < -0.4 is 5.11 Å². The Morgan fingerprint density at radius 1 is 1.39 bits per heavy atom. The van der Waals surface area contributed by atoms with E-state index >= 15 is 0 Å². The lowest BCUT2D eigenvalue weighted by Crippen LogP contribution is -2.28. The zero-order valence-corrected chi connectivity index (χ0v) is 10.3. The highest BCUT2D eigenvalue weighted by atomic mass is 32.2. The second-order valence-electron chi connectivity index (χ2n) is 3.51. The van der Waals surface area contributed by atoms with Gasteiger partial charge in [0.1, 0.15) is 0 Å². The van der Waals surface area contributed by atoms with E-state index in [0.29, 0.717) is 16.3 Å². The molecule has 0 spiro atoms. The molecule has 8 heteroatoms. The molecule has 0 amide bonds. The number of hydrogen-bond acceptors (Lipinski definition) is 6. The number of carboxylic acids is 1. The van der Waals surface area contributed by atoms with Gasteiger partial charge in [-0.15, -0.1) is 5.10 Å². The molecule has 94 valence electrons. The lowest BCUT2D eigenvalue weighted by Gasteiger charge is -2.05. The fourth-order valence-corrected chi connectivity index (χ4v) is 1.96. The number of rotatable bonds is 4. The predicted molar refractivity (Wildman–Crippen MR) is 60.6 cm³/mol. The number of benzene rings is 1. The molecule has 1 aromatic carbocycles. The van der Waals surface area contributed by atoms with E-state index in [2.05, 4.69) is 15.5 Å². The quantitative estimate of drug-likeness (QED) is 0.690. The normalized spacial score (nSPS) is 12.3. The van der Waals surface area contributed by atoms with Crippen molar-refractivity contribution >= 4 is 16.8 Å². The monoisotopic (exact) mass is 265 g/mol. The van der Waals surface area contributed by atoms with Crippen LogP contribution in [-0.2, 0) is 22.1 Å². The van der Waals surface area contributed by atoms with Gasteiger partial charge < -0.3 is 9.90 Å². The summed E-state index contributed by atoms with van der Waals surface area (Å²) in [6, 6.07) is 6.75. The Morgan fingerprint density at radius 3 is 2.61 bits per heavy atom. The number of carbonyl (C=O) groups is 1. The number of aromatic nitrogens is 4. The van der Waals surface area contributed by atoms with Crippen molar-refractivity contribution in [3.63, 3.8) is 0 Å².